The first-order valence-corrected chi connectivity index (χ1v) is 7.76. The van der Waals surface area contributed by atoms with E-state index in [0.717, 1.165) is 24.8 Å². The molecule has 2 aliphatic heterocycles. The lowest BCUT2D eigenvalue weighted by molar-refractivity contribution is -0.152. The number of rotatable bonds is 3. The normalized spacial score (nSPS) is 27.1. The molecular weight excluding hydrogens is 250 g/mol. The van der Waals surface area contributed by atoms with E-state index in [4.69, 9.17) is 4.74 Å². The highest BCUT2D eigenvalue weighted by Crippen LogP contribution is 2.32. The lowest BCUT2D eigenvalue weighted by Gasteiger charge is -2.47. The van der Waals surface area contributed by atoms with Crippen molar-refractivity contribution in [3.05, 3.63) is 35.9 Å². The predicted molar refractivity (Wildman–Crippen MR) is 78.6 cm³/mol. The van der Waals surface area contributed by atoms with Crippen LogP contribution in [-0.4, -0.2) is 36.1 Å². The maximum atomic E-state index is 13.0. The Bertz CT molecular complexity index is 437. The van der Waals surface area contributed by atoms with Gasteiger partial charge >= 0.3 is 0 Å². The van der Waals surface area contributed by atoms with Crippen LogP contribution in [0.25, 0.3) is 0 Å². The van der Waals surface area contributed by atoms with Gasteiger partial charge in [0.15, 0.2) is 0 Å². The minimum absolute atomic E-state index is 0.00241. The first kappa shape index (κ1) is 13.6. The average Bonchev–Trinajstić information content (AvgIpc) is 2.48. The Morgan fingerprint density at radius 3 is 2.50 bits per heavy atom. The van der Waals surface area contributed by atoms with Crippen molar-refractivity contribution < 1.29 is 9.53 Å². The number of hydrogen-bond acceptors (Lipinski definition) is 2. The van der Waals surface area contributed by atoms with Crippen molar-refractivity contribution in [2.24, 2.45) is 0 Å². The number of benzene rings is 1. The SMILES string of the molecule is CCC(C(=O)N1C2CCCC1COC2)c1ccccc1. The number of piperidine rings is 1. The number of morpholine rings is 1. The maximum absolute atomic E-state index is 13.0. The van der Waals surface area contributed by atoms with Crippen LogP contribution < -0.4 is 0 Å². The molecule has 1 amide bonds. The molecule has 2 bridgehead atoms. The molecule has 0 N–H and O–H groups in total. The summed E-state index contributed by atoms with van der Waals surface area (Å²) >= 11 is 0. The summed E-state index contributed by atoms with van der Waals surface area (Å²) in [4.78, 5) is 15.2. The Kier molecular flexibility index (Phi) is 4.06. The van der Waals surface area contributed by atoms with Gasteiger partial charge in [0.1, 0.15) is 0 Å². The van der Waals surface area contributed by atoms with Gasteiger partial charge in [-0.05, 0) is 31.2 Å². The van der Waals surface area contributed by atoms with E-state index < -0.39 is 0 Å². The van der Waals surface area contributed by atoms with Gasteiger partial charge in [0.05, 0.1) is 31.2 Å². The third-order valence-corrected chi connectivity index (χ3v) is 4.64. The van der Waals surface area contributed by atoms with Gasteiger partial charge in [0.25, 0.3) is 0 Å². The molecule has 108 valence electrons. The lowest BCUT2D eigenvalue weighted by atomic mass is 9.89. The number of nitrogens with zero attached hydrogens (tertiary/aromatic N) is 1. The molecule has 3 heteroatoms. The number of amides is 1. The fraction of sp³-hybridized carbons (Fsp3) is 0.588. The Morgan fingerprint density at radius 2 is 1.90 bits per heavy atom. The van der Waals surface area contributed by atoms with Crippen molar-refractivity contribution in [3.63, 3.8) is 0 Å². The average molecular weight is 273 g/mol. The fourth-order valence-corrected chi connectivity index (χ4v) is 3.61. The Labute approximate surface area is 120 Å². The quantitative estimate of drug-likeness (QED) is 0.847. The molecular formula is C17H23NO2. The van der Waals surface area contributed by atoms with Crippen LogP contribution in [0.1, 0.15) is 44.1 Å². The summed E-state index contributed by atoms with van der Waals surface area (Å²) < 4.78 is 5.64. The maximum Gasteiger partial charge on any atom is 0.230 e. The molecule has 20 heavy (non-hydrogen) atoms. The second-order valence-corrected chi connectivity index (χ2v) is 5.89. The molecule has 1 aromatic rings. The largest absolute Gasteiger partial charge is 0.377 e. The summed E-state index contributed by atoms with van der Waals surface area (Å²) in [5.74, 6) is 0.300. The zero-order valence-corrected chi connectivity index (χ0v) is 12.1. The molecule has 2 fully saturated rings. The van der Waals surface area contributed by atoms with E-state index in [1.807, 2.05) is 18.2 Å². The van der Waals surface area contributed by atoms with Crippen LogP contribution in [0.4, 0.5) is 0 Å². The smallest absolute Gasteiger partial charge is 0.230 e. The Morgan fingerprint density at radius 1 is 1.25 bits per heavy atom. The molecule has 0 spiro atoms. The molecule has 3 unspecified atom stereocenters. The number of fused-ring (bicyclic) bond motifs is 2. The van der Waals surface area contributed by atoms with Gasteiger partial charge in [0, 0.05) is 0 Å². The molecule has 2 aliphatic rings. The van der Waals surface area contributed by atoms with E-state index >= 15 is 0 Å². The second-order valence-electron chi connectivity index (χ2n) is 5.89. The minimum Gasteiger partial charge on any atom is -0.377 e. The van der Waals surface area contributed by atoms with Gasteiger partial charge < -0.3 is 9.64 Å². The third-order valence-electron chi connectivity index (χ3n) is 4.64. The summed E-state index contributed by atoms with van der Waals surface area (Å²) in [5.41, 5.74) is 1.14. The summed E-state index contributed by atoms with van der Waals surface area (Å²) in [7, 11) is 0. The monoisotopic (exact) mass is 273 g/mol. The first-order valence-electron chi connectivity index (χ1n) is 7.76. The number of hydrogen-bond donors (Lipinski definition) is 0. The van der Waals surface area contributed by atoms with E-state index in [-0.39, 0.29) is 5.92 Å². The van der Waals surface area contributed by atoms with Crippen LogP contribution in [0.5, 0.6) is 0 Å². The Balaban J connectivity index is 1.83. The van der Waals surface area contributed by atoms with E-state index in [9.17, 15) is 4.79 Å². The summed E-state index contributed by atoms with van der Waals surface area (Å²) in [6, 6.07) is 10.8. The van der Waals surface area contributed by atoms with Crippen LogP contribution in [0.15, 0.2) is 30.3 Å². The summed E-state index contributed by atoms with van der Waals surface area (Å²) in [5, 5.41) is 0. The number of carbonyl (C=O) groups excluding carboxylic acids is 1. The van der Waals surface area contributed by atoms with Crippen LogP contribution in [0, 0.1) is 0 Å². The predicted octanol–water partition coefficient (Wildman–Crippen LogP) is 2.96. The van der Waals surface area contributed by atoms with Crippen molar-refractivity contribution >= 4 is 5.91 Å². The van der Waals surface area contributed by atoms with E-state index in [0.29, 0.717) is 31.2 Å². The van der Waals surface area contributed by atoms with Crippen molar-refractivity contribution in [2.45, 2.75) is 50.6 Å². The van der Waals surface area contributed by atoms with Crippen LogP contribution in [0.2, 0.25) is 0 Å². The first-order chi connectivity index (χ1) is 9.81. The van der Waals surface area contributed by atoms with Crippen molar-refractivity contribution in [3.8, 4) is 0 Å². The topological polar surface area (TPSA) is 29.5 Å². The molecule has 0 saturated carbocycles. The van der Waals surface area contributed by atoms with E-state index in [1.54, 1.807) is 0 Å². The zero-order chi connectivity index (χ0) is 13.9. The zero-order valence-electron chi connectivity index (χ0n) is 12.1. The number of carbonyl (C=O) groups is 1. The molecule has 3 rings (SSSR count). The summed E-state index contributed by atoms with van der Waals surface area (Å²) in [6.45, 7) is 3.53. The van der Waals surface area contributed by atoms with Crippen LogP contribution in [0.3, 0.4) is 0 Å². The van der Waals surface area contributed by atoms with Gasteiger partial charge in [-0.1, -0.05) is 37.3 Å². The van der Waals surface area contributed by atoms with Crippen molar-refractivity contribution in [2.75, 3.05) is 13.2 Å². The standard InChI is InChI=1S/C17H23NO2/c1-2-16(13-7-4-3-5-8-13)17(19)18-14-9-6-10-15(18)12-20-11-14/h3-5,7-8,14-16H,2,6,9-12H2,1H3. The highest BCUT2D eigenvalue weighted by molar-refractivity contribution is 5.84. The molecule has 0 radical (unpaired) electrons. The molecule has 3 atom stereocenters. The third kappa shape index (κ3) is 2.47. The molecule has 2 saturated heterocycles. The van der Waals surface area contributed by atoms with Crippen LogP contribution >= 0.6 is 0 Å². The molecule has 0 aromatic heterocycles. The van der Waals surface area contributed by atoms with Gasteiger partial charge in [-0.25, -0.2) is 0 Å². The fourth-order valence-electron chi connectivity index (χ4n) is 3.61. The van der Waals surface area contributed by atoms with Crippen molar-refractivity contribution in [1.82, 2.24) is 4.90 Å². The van der Waals surface area contributed by atoms with E-state index in [2.05, 4.69) is 24.0 Å². The molecule has 3 nitrogen and oxygen atoms in total. The lowest BCUT2D eigenvalue weighted by Crippen LogP contribution is -2.58. The highest BCUT2D eigenvalue weighted by Gasteiger charge is 2.39. The van der Waals surface area contributed by atoms with Crippen molar-refractivity contribution in [1.29, 1.82) is 0 Å². The minimum atomic E-state index is -0.00241. The Hall–Kier alpha value is -1.35. The van der Waals surface area contributed by atoms with Gasteiger partial charge in [0.2, 0.25) is 5.91 Å². The van der Waals surface area contributed by atoms with Gasteiger partial charge in [-0.2, -0.15) is 0 Å². The van der Waals surface area contributed by atoms with E-state index in [1.165, 1.54) is 6.42 Å². The van der Waals surface area contributed by atoms with Gasteiger partial charge in [-0.15, -0.1) is 0 Å². The highest BCUT2D eigenvalue weighted by atomic mass is 16.5. The van der Waals surface area contributed by atoms with Crippen LogP contribution in [-0.2, 0) is 9.53 Å². The molecule has 1 aromatic carbocycles. The molecule has 0 aliphatic carbocycles. The van der Waals surface area contributed by atoms with Gasteiger partial charge in [-0.3, -0.25) is 4.79 Å². The molecule has 2 heterocycles. The summed E-state index contributed by atoms with van der Waals surface area (Å²) in [6.07, 6.45) is 4.27. The number of ether oxygens (including phenoxy) is 1. The second kappa shape index (κ2) is 5.96.